The highest BCUT2D eigenvalue weighted by molar-refractivity contribution is 5.91. The van der Waals surface area contributed by atoms with Gasteiger partial charge in [0.25, 0.3) is 0 Å². The lowest BCUT2D eigenvalue weighted by Crippen LogP contribution is -2.53. The minimum atomic E-state index is -1.22. The van der Waals surface area contributed by atoms with Gasteiger partial charge in [0, 0.05) is 6.42 Å². The van der Waals surface area contributed by atoms with E-state index >= 15 is 0 Å². The number of amides is 3. The summed E-state index contributed by atoms with van der Waals surface area (Å²) in [4.78, 5) is 44.8. The molecular formula is C12H22N4O5. The van der Waals surface area contributed by atoms with Gasteiger partial charge in [-0.3, -0.25) is 19.2 Å². The van der Waals surface area contributed by atoms with Crippen molar-refractivity contribution in [1.82, 2.24) is 10.6 Å². The fraction of sp³-hybridized carbons (Fsp3) is 0.667. The van der Waals surface area contributed by atoms with Gasteiger partial charge in [0.15, 0.2) is 0 Å². The number of carboxylic acids is 1. The van der Waals surface area contributed by atoms with Crippen molar-refractivity contribution < 1.29 is 24.3 Å². The second-order valence-electron chi connectivity index (χ2n) is 4.95. The summed E-state index contributed by atoms with van der Waals surface area (Å²) < 4.78 is 0. The lowest BCUT2D eigenvalue weighted by Gasteiger charge is -2.21. The fourth-order valence-electron chi connectivity index (χ4n) is 1.41. The maximum absolute atomic E-state index is 11.8. The molecule has 7 N–H and O–H groups in total. The Hall–Kier alpha value is -2.16. The maximum Gasteiger partial charge on any atom is 0.322 e. The highest BCUT2D eigenvalue weighted by atomic mass is 16.4. The van der Waals surface area contributed by atoms with Gasteiger partial charge >= 0.3 is 5.97 Å². The molecule has 0 aromatic carbocycles. The first-order valence-corrected chi connectivity index (χ1v) is 6.49. The van der Waals surface area contributed by atoms with E-state index in [4.69, 9.17) is 16.6 Å². The first-order chi connectivity index (χ1) is 9.65. The molecule has 21 heavy (non-hydrogen) atoms. The molecule has 9 nitrogen and oxygen atoms in total. The van der Waals surface area contributed by atoms with Crippen molar-refractivity contribution in [2.45, 2.75) is 38.8 Å². The van der Waals surface area contributed by atoms with Gasteiger partial charge in [0.2, 0.25) is 17.7 Å². The summed E-state index contributed by atoms with van der Waals surface area (Å²) in [7, 11) is 0. The normalized spacial score (nSPS) is 13.3. The van der Waals surface area contributed by atoms with Crippen LogP contribution in [0.25, 0.3) is 0 Å². The van der Waals surface area contributed by atoms with Crippen molar-refractivity contribution in [3.8, 4) is 0 Å². The van der Waals surface area contributed by atoms with Crippen molar-refractivity contribution in [1.29, 1.82) is 0 Å². The Morgan fingerprint density at radius 2 is 1.71 bits per heavy atom. The summed E-state index contributed by atoms with van der Waals surface area (Å²) in [6, 6.07) is -1.87. The van der Waals surface area contributed by atoms with Gasteiger partial charge in [-0.2, -0.15) is 0 Å². The second-order valence-corrected chi connectivity index (χ2v) is 4.95. The van der Waals surface area contributed by atoms with Crippen molar-refractivity contribution in [2.24, 2.45) is 17.4 Å². The molecule has 0 saturated carbocycles. The van der Waals surface area contributed by atoms with Gasteiger partial charge in [0.1, 0.15) is 12.6 Å². The van der Waals surface area contributed by atoms with E-state index < -0.39 is 42.3 Å². The van der Waals surface area contributed by atoms with Crippen LogP contribution in [-0.2, 0) is 19.2 Å². The molecule has 0 aromatic heterocycles. The van der Waals surface area contributed by atoms with Crippen LogP contribution in [0.4, 0.5) is 0 Å². The van der Waals surface area contributed by atoms with Crippen LogP contribution >= 0.6 is 0 Å². The predicted octanol–water partition coefficient (Wildman–Crippen LogP) is -2.08. The SMILES string of the molecule is CC(C)C(N)C(=O)NC(CCC(N)=O)C(=O)NCC(=O)O. The molecule has 0 saturated heterocycles. The van der Waals surface area contributed by atoms with Crippen LogP contribution in [0.5, 0.6) is 0 Å². The lowest BCUT2D eigenvalue weighted by atomic mass is 10.0. The van der Waals surface area contributed by atoms with E-state index in [9.17, 15) is 19.2 Å². The summed E-state index contributed by atoms with van der Waals surface area (Å²) in [6.07, 6.45) is -0.153. The minimum Gasteiger partial charge on any atom is -0.480 e. The molecule has 0 spiro atoms. The Balaban J connectivity index is 4.72. The number of carboxylic acid groups (broad SMARTS) is 1. The lowest BCUT2D eigenvalue weighted by molar-refractivity contribution is -0.138. The van der Waals surface area contributed by atoms with Crippen LogP contribution < -0.4 is 22.1 Å². The predicted molar refractivity (Wildman–Crippen MR) is 73.8 cm³/mol. The zero-order valence-corrected chi connectivity index (χ0v) is 12.1. The largest absolute Gasteiger partial charge is 0.480 e. The van der Waals surface area contributed by atoms with Crippen LogP contribution in [0.15, 0.2) is 0 Å². The van der Waals surface area contributed by atoms with Crippen LogP contribution in [0.2, 0.25) is 0 Å². The molecular weight excluding hydrogens is 280 g/mol. The fourth-order valence-corrected chi connectivity index (χ4v) is 1.41. The third-order valence-corrected chi connectivity index (χ3v) is 2.75. The third-order valence-electron chi connectivity index (χ3n) is 2.75. The molecule has 120 valence electrons. The van der Waals surface area contributed by atoms with Gasteiger partial charge in [-0.1, -0.05) is 13.8 Å². The first-order valence-electron chi connectivity index (χ1n) is 6.49. The number of primary amides is 1. The van der Waals surface area contributed by atoms with Gasteiger partial charge in [-0.15, -0.1) is 0 Å². The number of nitrogens with two attached hydrogens (primary N) is 2. The minimum absolute atomic E-state index is 0.0304. The van der Waals surface area contributed by atoms with Crippen LogP contribution in [-0.4, -0.2) is 47.4 Å². The standard InChI is InChI=1S/C12H22N4O5/c1-6(2)10(14)12(21)16-7(3-4-8(13)17)11(20)15-5-9(18)19/h6-7,10H,3-5,14H2,1-2H3,(H2,13,17)(H,15,20)(H,16,21)(H,18,19). The third kappa shape index (κ3) is 7.88. The van der Waals surface area contributed by atoms with E-state index in [-0.39, 0.29) is 18.8 Å². The smallest absolute Gasteiger partial charge is 0.322 e. The van der Waals surface area contributed by atoms with E-state index in [1.807, 2.05) is 0 Å². The Labute approximate surface area is 122 Å². The van der Waals surface area contributed by atoms with Crippen LogP contribution in [0.1, 0.15) is 26.7 Å². The summed E-state index contributed by atoms with van der Waals surface area (Å²) in [6.45, 7) is 2.90. The van der Waals surface area contributed by atoms with E-state index in [2.05, 4.69) is 10.6 Å². The molecule has 2 atom stereocenters. The van der Waals surface area contributed by atoms with Crippen molar-refractivity contribution in [3.05, 3.63) is 0 Å². The molecule has 0 bridgehead atoms. The zero-order valence-electron chi connectivity index (χ0n) is 12.1. The molecule has 0 fully saturated rings. The maximum atomic E-state index is 11.8. The summed E-state index contributed by atoms with van der Waals surface area (Å²) in [5.41, 5.74) is 10.7. The number of carbonyl (C=O) groups excluding carboxylic acids is 3. The molecule has 0 aliphatic rings. The van der Waals surface area contributed by atoms with Crippen molar-refractivity contribution in [3.63, 3.8) is 0 Å². The Kier molecular flexibility index (Phi) is 7.99. The topological polar surface area (TPSA) is 165 Å². The molecule has 2 unspecified atom stereocenters. The Morgan fingerprint density at radius 1 is 1.14 bits per heavy atom. The first kappa shape index (κ1) is 18.8. The Bertz CT molecular complexity index is 410. The number of hydrogen-bond donors (Lipinski definition) is 5. The number of nitrogens with one attached hydrogen (secondary N) is 2. The number of hydrogen-bond acceptors (Lipinski definition) is 5. The highest BCUT2D eigenvalue weighted by Gasteiger charge is 2.25. The monoisotopic (exact) mass is 302 g/mol. The van der Waals surface area contributed by atoms with Gasteiger partial charge in [-0.05, 0) is 12.3 Å². The summed E-state index contributed by atoms with van der Waals surface area (Å²) in [5.74, 6) is -3.24. The molecule has 0 rings (SSSR count). The van der Waals surface area contributed by atoms with Gasteiger partial charge < -0.3 is 27.2 Å². The van der Waals surface area contributed by atoms with E-state index in [0.29, 0.717) is 0 Å². The molecule has 3 amide bonds. The van der Waals surface area contributed by atoms with Gasteiger partial charge in [0.05, 0.1) is 6.04 Å². The van der Waals surface area contributed by atoms with E-state index in [1.165, 1.54) is 0 Å². The molecule has 0 aliphatic carbocycles. The van der Waals surface area contributed by atoms with Crippen LogP contribution in [0, 0.1) is 5.92 Å². The van der Waals surface area contributed by atoms with Crippen LogP contribution in [0.3, 0.4) is 0 Å². The average Bonchev–Trinajstić information content (AvgIpc) is 2.38. The molecule has 0 aliphatic heterocycles. The quantitative estimate of drug-likeness (QED) is 0.328. The second kappa shape index (κ2) is 8.90. The number of rotatable bonds is 9. The molecule has 0 aromatic rings. The van der Waals surface area contributed by atoms with Crippen molar-refractivity contribution >= 4 is 23.7 Å². The van der Waals surface area contributed by atoms with E-state index in [0.717, 1.165) is 0 Å². The van der Waals surface area contributed by atoms with E-state index in [1.54, 1.807) is 13.8 Å². The highest BCUT2D eigenvalue weighted by Crippen LogP contribution is 2.02. The van der Waals surface area contributed by atoms with Gasteiger partial charge in [-0.25, -0.2) is 0 Å². The Morgan fingerprint density at radius 3 is 2.14 bits per heavy atom. The molecule has 0 radical (unpaired) electrons. The molecule has 0 heterocycles. The summed E-state index contributed by atoms with van der Waals surface area (Å²) in [5, 5.41) is 13.0. The number of carbonyl (C=O) groups is 4. The molecule has 9 heteroatoms. The zero-order chi connectivity index (χ0) is 16.6. The number of aliphatic carboxylic acids is 1. The average molecular weight is 302 g/mol. The van der Waals surface area contributed by atoms with Crippen molar-refractivity contribution in [2.75, 3.05) is 6.54 Å². The summed E-state index contributed by atoms with van der Waals surface area (Å²) >= 11 is 0.